The Morgan fingerprint density at radius 2 is 1.57 bits per heavy atom. The molecule has 10 nitrogen and oxygen atoms in total. The van der Waals surface area contributed by atoms with Crippen molar-refractivity contribution < 1.29 is 14.7 Å². The van der Waals surface area contributed by atoms with Gasteiger partial charge in [0.25, 0.3) is 0 Å². The van der Waals surface area contributed by atoms with Gasteiger partial charge in [-0.25, -0.2) is 31.3 Å². The largest absolute Gasteiger partial charge is 0.393 e. The van der Waals surface area contributed by atoms with Crippen LogP contribution in [-0.4, -0.2) is 36.4 Å². The van der Waals surface area contributed by atoms with Crippen molar-refractivity contribution in [2.45, 2.75) is 18.9 Å². The molecule has 1 aliphatic rings. The molecule has 0 saturated carbocycles. The SMILES string of the molecule is NC(=O)N(N)c1ccc(N2CCC(O)CC2)cc1N(N)C(N)=O. The highest BCUT2D eigenvalue weighted by molar-refractivity contribution is 5.99. The van der Waals surface area contributed by atoms with Crippen molar-refractivity contribution in [1.82, 2.24) is 0 Å². The summed E-state index contributed by atoms with van der Waals surface area (Å²) in [7, 11) is 0. The van der Waals surface area contributed by atoms with Gasteiger partial charge in [0.15, 0.2) is 0 Å². The molecule has 1 heterocycles. The number of benzene rings is 1. The molecule has 0 unspecified atom stereocenters. The van der Waals surface area contributed by atoms with Gasteiger partial charge in [-0.15, -0.1) is 0 Å². The maximum atomic E-state index is 11.4. The Morgan fingerprint density at radius 1 is 1.04 bits per heavy atom. The van der Waals surface area contributed by atoms with Crippen molar-refractivity contribution in [2.24, 2.45) is 23.2 Å². The van der Waals surface area contributed by atoms with Gasteiger partial charge in [-0.05, 0) is 31.0 Å². The molecular weight excluding hydrogens is 302 g/mol. The van der Waals surface area contributed by atoms with Crippen molar-refractivity contribution in [3.63, 3.8) is 0 Å². The van der Waals surface area contributed by atoms with E-state index < -0.39 is 12.1 Å². The Labute approximate surface area is 133 Å². The molecule has 23 heavy (non-hydrogen) atoms. The third-order valence-corrected chi connectivity index (χ3v) is 3.78. The molecule has 1 aromatic carbocycles. The fourth-order valence-corrected chi connectivity index (χ4v) is 2.47. The molecule has 1 aromatic rings. The fraction of sp³-hybridized carbons (Fsp3) is 0.385. The lowest BCUT2D eigenvalue weighted by Crippen LogP contribution is -2.46. The molecule has 126 valence electrons. The Balaban J connectivity index is 2.38. The van der Waals surface area contributed by atoms with Crippen molar-refractivity contribution in [2.75, 3.05) is 28.0 Å². The van der Waals surface area contributed by atoms with Gasteiger partial charge in [0.1, 0.15) is 0 Å². The van der Waals surface area contributed by atoms with E-state index in [4.69, 9.17) is 23.2 Å². The molecule has 0 bridgehead atoms. The average molecular weight is 323 g/mol. The fourth-order valence-electron chi connectivity index (χ4n) is 2.47. The number of aliphatic hydroxyl groups is 1. The Hall–Kier alpha value is -2.56. The molecule has 0 spiro atoms. The standard InChI is InChI=1S/C13H21N7O3/c14-12(22)19(16)10-2-1-8(7-11(10)20(17)13(15)23)18-5-3-9(21)4-6-18/h1-2,7,9,21H,3-6,16-17H2,(H2,14,22)(H2,15,23). The maximum absolute atomic E-state index is 11.4. The van der Waals surface area contributed by atoms with Crippen LogP contribution in [0.15, 0.2) is 18.2 Å². The molecule has 4 amide bonds. The molecular formula is C13H21N7O3. The third-order valence-electron chi connectivity index (χ3n) is 3.78. The molecule has 2 rings (SSSR count). The van der Waals surface area contributed by atoms with Crippen LogP contribution < -0.4 is 38.1 Å². The van der Waals surface area contributed by atoms with E-state index in [1.807, 2.05) is 4.90 Å². The van der Waals surface area contributed by atoms with Crippen molar-refractivity contribution >= 4 is 29.1 Å². The van der Waals surface area contributed by atoms with Crippen molar-refractivity contribution in [3.05, 3.63) is 18.2 Å². The normalized spacial score (nSPS) is 15.3. The number of nitrogens with two attached hydrogens (primary N) is 4. The number of urea groups is 2. The van der Waals surface area contributed by atoms with E-state index in [0.717, 1.165) is 5.69 Å². The smallest absolute Gasteiger partial charge is 0.333 e. The summed E-state index contributed by atoms with van der Waals surface area (Å²) in [6.45, 7) is 1.31. The lowest BCUT2D eigenvalue weighted by Gasteiger charge is -2.32. The summed E-state index contributed by atoms with van der Waals surface area (Å²) in [5.41, 5.74) is 11.4. The monoisotopic (exact) mass is 323 g/mol. The average Bonchev–Trinajstić information content (AvgIpc) is 2.53. The predicted molar refractivity (Wildman–Crippen MR) is 86.4 cm³/mol. The molecule has 0 atom stereocenters. The highest BCUT2D eigenvalue weighted by atomic mass is 16.3. The molecule has 0 radical (unpaired) electrons. The van der Waals surface area contributed by atoms with Crippen LogP contribution in [0.3, 0.4) is 0 Å². The van der Waals surface area contributed by atoms with Gasteiger partial charge in [-0.3, -0.25) is 0 Å². The van der Waals surface area contributed by atoms with Crippen LogP contribution in [0.1, 0.15) is 12.8 Å². The zero-order chi connectivity index (χ0) is 17.1. The number of amides is 4. The molecule has 1 fully saturated rings. The van der Waals surface area contributed by atoms with Crippen LogP contribution in [0.4, 0.5) is 26.7 Å². The van der Waals surface area contributed by atoms with Gasteiger partial charge in [0.2, 0.25) is 0 Å². The summed E-state index contributed by atoms with van der Waals surface area (Å²) in [6, 6.07) is 3.05. The maximum Gasteiger partial charge on any atom is 0.333 e. The molecule has 1 aliphatic heterocycles. The molecule has 1 saturated heterocycles. The topological polar surface area (TPSA) is 168 Å². The van der Waals surface area contributed by atoms with Crippen LogP contribution in [0.25, 0.3) is 0 Å². The van der Waals surface area contributed by atoms with Crippen LogP contribution >= 0.6 is 0 Å². The number of rotatable bonds is 3. The van der Waals surface area contributed by atoms with Gasteiger partial charge >= 0.3 is 12.1 Å². The van der Waals surface area contributed by atoms with E-state index in [1.54, 1.807) is 12.1 Å². The summed E-state index contributed by atoms with van der Waals surface area (Å²) in [5, 5.41) is 11.0. The van der Waals surface area contributed by atoms with E-state index in [0.29, 0.717) is 35.9 Å². The van der Waals surface area contributed by atoms with E-state index in [9.17, 15) is 14.7 Å². The number of aliphatic hydroxyl groups excluding tert-OH is 1. The van der Waals surface area contributed by atoms with Crippen LogP contribution in [0.5, 0.6) is 0 Å². The van der Waals surface area contributed by atoms with Gasteiger partial charge in [-0.1, -0.05) is 0 Å². The highest BCUT2D eigenvalue weighted by Crippen LogP contribution is 2.32. The lowest BCUT2D eigenvalue weighted by molar-refractivity contribution is 0.145. The number of nitrogens with zero attached hydrogens (tertiary/aromatic N) is 3. The number of hydrogen-bond donors (Lipinski definition) is 5. The first-order valence-corrected chi connectivity index (χ1v) is 7.07. The molecule has 0 aliphatic carbocycles. The van der Waals surface area contributed by atoms with Crippen LogP contribution in [0.2, 0.25) is 0 Å². The summed E-state index contributed by atoms with van der Waals surface area (Å²) in [5.74, 6) is 11.3. The number of anilines is 3. The summed E-state index contributed by atoms with van der Waals surface area (Å²) in [6.07, 6.45) is 0.976. The van der Waals surface area contributed by atoms with Crippen LogP contribution in [-0.2, 0) is 0 Å². The van der Waals surface area contributed by atoms with Gasteiger partial charge in [-0.2, -0.15) is 0 Å². The quantitative estimate of drug-likeness (QED) is 0.276. The first kappa shape index (κ1) is 16.8. The molecule has 10 heteroatoms. The first-order chi connectivity index (χ1) is 10.8. The van der Waals surface area contributed by atoms with Gasteiger partial charge in [0, 0.05) is 18.8 Å². The minimum atomic E-state index is -0.907. The second-order valence-corrected chi connectivity index (χ2v) is 5.31. The Bertz CT molecular complexity index is 601. The predicted octanol–water partition coefficient (Wildman–Crippen LogP) is -0.835. The zero-order valence-corrected chi connectivity index (χ0v) is 12.6. The van der Waals surface area contributed by atoms with Crippen molar-refractivity contribution in [1.29, 1.82) is 0 Å². The number of hydrazine groups is 2. The second kappa shape index (κ2) is 6.69. The highest BCUT2D eigenvalue weighted by Gasteiger charge is 2.22. The van der Waals surface area contributed by atoms with E-state index in [-0.39, 0.29) is 17.5 Å². The molecule has 9 N–H and O–H groups in total. The number of piperidine rings is 1. The van der Waals surface area contributed by atoms with E-state index in [1.165, 1.54) is 6.07 Å². The first-order valence-electron chi connectivity index (χ1n) is 7.07. The van der Waals surface area contributed by atoms with E-state index >= 15 is 0 Å². The number of primary amides is 2. The second-order valence-electron chi connectivity index (χ2n) is 5.31. The van der Waals surface area contributed by atoms with Gasteiger partial charge in [0.05, 0.1) is 17.5 Å². The summed E-state index contributed by atoms with van der Waals surface area (Å²) in [4.78, 5) is 24.7. The molecule has 0 aromatic heterocycles. The Kier molecular flexibility index (Phi) is 4.89. The number of hydrogen-bond acceptors (Lipinski definition) is 6. The number of carbonyl (C=O) groups excluding carboxylic acids is 2. The Morgan fingerprint density at radius 3 is 2.09 bits per heavy atom. The number of carbonyl (C=O) groups is 2. The van der Waals surface area contributed by atoms with Crippen molar-refractivity contribution in [3.8, 4) is 0 Å². The zero-order valence-electron chi connectivity index (χ0n) is 12.6. The summed E-state index contributed by atoms with van der Waals surface area (Å²) >= 11 is 0. The lowest BCUT2D eigenvalue weighted by atomic mass is 10.1. The third kappa shape index (κ3) is 3.62. The minimum absolute atomic E-state index is 0.152. The minimum Gasteiger partial charge on any atom is -0.393 e. The van der Waals surface area contributed by atoms with Crippen LogP contribution in [0, 0.1) is 0 Å². The van der Waals surface area contributed by atoms with E-state index in [2.05, 4.69) is 0 Å². The van der Waals surface area contributed by atoms with Gasteiger partial charge < -0.3 is 21.5 Å². The summed E-state index contributed by atoms with van der Waals surface area (Å²) < 4.78 is 0.